The average molecular weight is 473 g/mol. The Kier molecular flexibility index (Phi) is 6.68. The van der Waals surface area contributed by atoms with Crippen molar-refractivity contribution < 1.29 is 9.47 Å². The molecule has 33 heavy (non-hydrogen) atoms. The van der Waals surface area contributed by atoms with Crippen LogP contribution in [0.5, 0.6) is 0 Å². The predicted molar refractivity (Wildman–Crippen MR) is 131 cm³/mol. The first-order chi connectivity index (χ1) is 15.9. The molecule has 6 nitrogen and oxygen atoms in total. The number of likely N-dealkylation sites (tertiary alicyclic amines) is 1. The summed E-state index contributed by atoms with van der Waals surface area (Å²) in [7, 11) is 0. The number of piperidine rings is 1. The van der Waals surface area contributed by atoms with Crippen molar-refractivity contribution in [2.24, 2.45) is 11.3 Å². The zero-order chi connectivity index (χ0) is 23.1. The summed E-state index contributed by atoms with van der Waals surface area (Å²) < 4.78 is 14.1. The van der Waals surface area contributed by atoms with Gasteiger partial charge in [-0.1, -0.05) is 26.0 Å². The Balaban J connectivity index is 1.22. The van der Waals surface area contributed by atoms with E-state index in [1.807, 2.05) is 11.3 Å². The normalized spacial score (nSPS) is 27.2. The Morgan fingerprint density at radius 3 is 2.82 bits per heavy atom. The number of ether oxygens (including phenoxy) is 2. The van der Waals surface area contributed by atoms with E-state index in [0.717, 1.165) is 83.7 Å². The molecule has 2 saturated heterocycles. The molecule has 5 heterocycles. The molecule has 0 bridgehead atoms. The number of aryl methyl sites for hydroxylation is 1. The van der Waals surface area contributed by atoms with E-state index in [1.165, 1.54) is 10.4 Å². The molecular formula is C26H40N4O2S. The summed E-state index contributed by atoms with van der Waals surface area (Å²) in [6, 6.07) is 2.89. The Morgan fingerprint density at radius 2 is 2.06 bits per heavy atom. The minimum atomic E-state index is -0.0846. The van der Waals surface area contributed by atoms with Gasteiger partial charge in [0.1, 0.15) is 0 Å². The first-order valence-corrected chi connectivity index (χ1v) is 13.7. The fraction of sp³-hybridized carbons (Fsp3) is 0.769. The summed E-state index contributed by atoms with van der Waals surface area (Å²) in [6.45, 7) is 14.8. The van der Waals surface area contributed by atoms with Crippen LogP contribution in [0.4, 0.5) is 0 Å². The van der Waals surface area contributed by atoms with E-state index in [0.29, 0.717) is 12.0 Å². The quantitative estimate of drug-likeness (QED) is 0.604. The second-order valence-electron chi connectivity index (χ2n) is 11.1. The van der Waals surface area contributed by atoms with Crippen LogP contribution in [0.2, 0.25) is 0 Å². The van der Waals surface area contributed by atoms with Crippen LogP contribution in [-0.2, 0) is 41.0 Å². The third-order valence-corrected chi connectivity index (χ3v) is 9.64. The van der Waals surface area contributed by atoms with Gasteiger partial charge in [0.2, 0.25) is 0 Å². The van der Waals surface area contributed by atoms with Crippen molar-refractivity contribution in [2.75, 3.05) is 26.4 Å². The monoisotopic (exact) mass is 472 g/mol. The molecule has 0 saturated carbocycles. The zero-order valence-electron chi connectivity index (χ0n) is 20.8. The van der Waals surface area contributed by atoms with Gasteiger partial charge in [-0.25, -0.2) is 0 Å². The van der Waals surface area contributed by atoms with E-state index >= 15 is 0 Å². The summed E-state index contributed by atoms with van der Waals surface area (Å²) in [5, 5.41) is 9.04. The lowest BCUT2D eigenvalue weighted by molar-refractivity contribution is -0.112. The summed E-state index contributed by atoms with van der Waals surface area (Å²) in [5.41, 5.74) is 2.68. The van der Waals surface area contributed by atoms with E-state index in [2.05, 4.69) is 59.9 Å². The second-order valence-corrected chi connectivity index (χ2v) is 12.3. The predicted octanol–water partition coefficient (Wildman–Crippen LogP) is 4.81. The summed E-state index contributed by atoms with van der Waals surface area (Å²) in [4.78, 5) is 5.63. The minimum Gasteiger partial charge on any atom is -0.381 e. The van der Waals surface area contributed by atoms with Crippen LogP contribution in [0.3, 0.4) is 0 Å². The number of nitrogens with zero attached hydrogens (tertiary/aromatic N) is 4. The van der Waals surface area contributed by atoms with Crippen molar-refractivity contribution in [3.63, 3.8) is 0 Å². The number of hydrogen-bond acceptors (Lipinski definition) is 6. The summed E-state index contributed by atoms with van der Waals surface area (Å²) in [6.07, 6.45) is 8.79. The van der Waals surface area contributed by atoms with Gasteiger partial charge in [0, 0.05) is 61.3 Å². The maximum Gasteiger partial charge on any atom is 0.0969 e. The molecule has 1 spiro atoms. The SMILES string of the molecule is CCc1cc2c(s1)CCO[C@@]21CCN(Cc2cn(CC(C)(C)C3CCOCC3)nn2)[C@@H](C)C1. The van der Waals surface area contributed by atoms with Crippen molar-refractivity contribution in [3.05, 3.63) is 33.3 Å². The number of rotatable bonds is 6. The molecule has 2 atom stereocenters. The standard InChI is InChI=1S/C26H40N4O2S/c1-5-22-14-23-24(33-22)8-13-32-26(23)9-10-29(19(2)15-26)16-21-17-30(28-27-21)18-25(3,4)20-6-11-31-12-7-20/h14,17,19-20H,5-13,15-16,18H2,1-4H3/t19-,26+/m0/s1. The van der Waals surface area contributed by atoms with Crippen LogP contribution in [0.1, 0.15) is 74.4 Å². The van der Waals surface area contributed by atoms with Gasteiger partial charge in [-0.2, -0.15) is 0 Å². The second kappa shape index (κ2) is 9.40. The molecule has 2 fully saturated rings. The van der Waals surface area contributed by atoms with Gasteiger partial charge >= 0.3 is 0 Å². The van der Waals surface area contributed by atoms with Crippen LogP contribution in [-0.4, -0.2) is 52.3 Å². The molecule has 0 aromatic carbocycles. The molecule has 5 rings (SSSR count). The third kappa shape index (κ3) is 4.79. The van der Waals surface area contributed by atoms with Gasteiger partial charge < -0.3 is 9.47 Å². The fourth-order valence-corrected chi connectivity index (χ4v) is 7.41. The lowest BCUT2D eigenvalue weighted by Crippen LogP contribution is -2.50. The highest BCUT2D eigenvalue weighted by atomic mass is 32.1. The number of hydrogen-bond donors (Lipinski definition) is 0. The highest BCUT2D eigenvalue weighted by molar-refractivity contribution is 7.12. The number of fused-ring (bicyclic) bond motifs is 2. The van der Waals surface area contributed by atoms with E-state index < -0.39 is 0 Å². The Labute approximate surface area is 202 Å². The summed E-state index contributed by atoms with van der Waals surface area (Å²) >= 11 is 2.00. The lowest BCUT2D eigenvalue weighted by atomic mass is 9.74. The summed E-state index contributed by atoms with van der Waals surface area (Å²) in [5.74, 6) is 0.683. The molecule has 0 amide bonds. The Morgan fingerprint density at radius 1 is 1.24 bits per heavy atom. The van der Waals surface area contributed by atoms with E-state index in [9.17, 15) is 0 Å². The fourth-order valence-electron chi connectivity index (χ4n) is 6.23. The molecule has 0 radical (unpaired) electrons. The zero-order valence-corrected chi connectivity index (χ0v) is 21.6. The van der Waals surface area contributed by atoms with E-state index in [4.69, 9.17) is 9.47 Å². The van der Waals surface area contributed by atoms with Crippen molar-refractivity contribution in [3.8, 4) is 0 Å². The molecule has 0 unspecified atom stereocenters. The average Bonchev–Trinajstić information content (AvgIpc) is 3.43. The van der Waals surface area contributed by atoms with Crippen molar-refractivity contribution in [2.45, 2.75) is 91.0 Å². The van der Waals surface area contributed by atoms with E-state index in [-0.39, 0.29) is 11.0 Å². The molecule has 2 aromatic heterocycles. The molecule has 3 aliphatic heterocycles. The van der Waals surface area contributed by atoms with Crippen molar-refractivity contribution >= 4 is 11.3 Å². The largest absolute Gasteiger partial charge is 0.381 e. The molecule has 0 aliphatic carbocycles. The van der Waals surface area contributed by atoms with Gasteiger partial charge in [0.25, 0.3) is 0 Å². The molecular weight excluding hydrogens is 432 g/mol. The topological polar surface area (TPSA) is 52.4 Å². The van der Waals surface area contributed by atoms with Gasteiger partial charge in [-0.05, 0) is 62.0 Å². The Bertz CT molecular complexity index is 948. The Hall–Kier alpha value is -1.28. The highest BCUT2D eigenvalue weighted by Crippen LogP contribution is 2.46. The molecule has 0 N–H and O–H groups in total. The van der Waals surface area contributed by atoms with Gasteiger partial charge in [-0.3, -0.25) is 9.58 Å². The molecule has 2 aromatic rings. The van der Waals surface area contributed by atoms with Crippen LogP contribution >= 0.6 is 11.3 Å². The first-order valence-electron chi connectivity index (χ1n) is 12.9. The van der Waals surface area contributed by atoms with Crippen LogP contribution < -0.4 is 0 Å². The van der Waals surface area contributed by atoms with Gasteiger partial charge in [0.15, 0.2) is 0 Å². The number of thiophene rings is 1. The van der Waals surface area contributed by atoms with Crippen LogP contribution in [0.25, 0.3) is 0 Å². The maximum absolute atomic E-state index is 6.52. The van der Waals surface area contributed by atoms with Crippen LogP contribution in [0.15, 0.2) is 12.3 Å². The highest BCUT2D eigenvalue weighted by Gasteiger charge is 2.44. The van der Waals surface area contributed by atoms with Crippen molar-refractivity contribution in [1.82, 2.24) is 19.9 Å². The third-order valence-electron chi connectivity index (χ3n) is 8.31. The van der Waals surface area contributed by atoms with Crippen molar-refractivity contribution in [1.29, 1.82) is 0 Å². The molecule has 3 aliphatic rings. The number of aromatic nitrogens is 3. The lowest BCUT2D eigenvalue weighted by Gasteiger charge is -2.47. The van der Waals surface area contributed by atoms with E-state index in [1.54, 1.807) is 4.88 Å². The van der Waals surface area contributed by atoms with Gasteiger partial charge in [0.05, 0.1) is 17.9 Å². The smallest absolute Gasteiger partial charge is 0.0969 e. The van der Waals surface area contributed by atoms with Gasteiger partial charge in [-0.15, -0.1) is 16.4 Å². The molecule has 182 valence electrons. The molecule has 7 heteroatoms. The first kappa shape index (κ1) is 23.5. The maximum atomic E-state index is 6.52. The van der Waals surface area contributed by atoms with Crippen LogP contribution in [0, 0.1) is 11.3 Å². The minimum absolute atomic E-state index is 0.0846.